The second-order valence-corrected chi connectivity index (χ2v) is 4.98. The van der Waals surface area contributed by atoms with E-state index >= 15 is 0 Å². The summed E-state index contributed by atoms with van der Waals surface area (Å²) in [6.45, 7) is 0. The van der Waals surface area contributed by atoms with E-state index in [1.165, 1.54) is 11.3 Å². The predicted molar refractivity (Wildman–Crippen MR) is 76.5 cm³/mol. The fraction of sp³-hybridized carbons (Fsp3) is 0. The minimum atomic E-state index is 0.418. The lowest BCUT2D eigenvalue weighted by Gasteiger charge is -2.11. The van der Waals surface area contributed by atoms with Gasteiger partial charge in [-0.15, -0.1) is 0 Å². The van der Waals surface area contributed by atoms with Gasteiger partial charge in [0.2, 0.25) is 0 Å². The average molecular weight is 262 g/mol. The number of benzene rings is 1. The van der Waals surface area contributed by atoms with Crippen LogP contribution < -0.4 is 26.6 Å². The fourth-order valence-electron chi connectivity index (χ4n) is 1.41. The summed E-state index contributed by atoms with van der Waals surface area (Å²) in [7, 11) is 29.1. The average Bonchev–Trinajstić information content (AvgIpc) is 2.50. The van der Waals surface area contributed by atoms with E-state index in [9.17, 15) is 0 Å². The van der Waals surface area contributed by atoms with Crippen molar-refractivity contribution in [3.05, 3.63) is 4.47 Å². The van der Waals surface area contributed by atoms with E-state index in [1.807, 2.05) is 0 Å². The highest BCUT2D eigenvalue weighted by atomic mass is 79.9. The highest BCUT2D eigenvalue weighted by Gasteiger charge is 2.13. The minimum absolute atomic E-state index is 0.418. The van der Waals surface area contributed by atoms with Crippen LogP contribution in [-0.2, 0) is 0 Å². The molecule has 0 aliphatic carbocycles. The zero-order chi connectivity index (χ0) is 11.3. The first kappa shape index (κ1) is 11.5. The molecule has 1 aromatic carbocycles. The number of rotatable bonds is 0. The molecule has 0 aliphatic heterocycles. The zero-order valence-corrected chi connectivity index (χ0v) is 10.1. The Hall–Kier alpha value is -0.0153. The fourth-order valence-corrected chi connectivity index (χ4v) is 2.80. The van der Waals surface area contributed by atoms with Gasteiger partial charge in [-0.3, -0.25) is 0 Å². The Kier molecular flexibility index (Phi) is 2.89. The molecule has 2 aromatic rings. The van der Waals surface area contributed by atoms with Gasteiger partial charge in [-0.25, -0.2) is 0 Å². The molecule has 0 saturated carbocycles. The van der Waals surface area contributed by atoms with Crippen LogP contribution in [0.1, 0.15) is 0 Å². The van der Waals surface area contributed by atoms with Crippen molar-refractivity contribution < 1.29 is 0 Å². The van der Waals surface area contributed by atoms with Crippen LogP contribution in [0.3, 0.4) is 0 Å². The summed E-state index contributed by atoms with van der Waals surface area (Å²) < 4.78 is 1.81. The molecule has 15 heavy (non-hydrogen) atoms. The molecule has 0 fully saturated rings. The molecule has 1 aromatic heterocycles. The van der Waals surface area contributed by atoms with Crippen LogP contribution in [-0.4, -0.2) is 39.2 Å². The lowest BCUT2D eigenvalue weighted by molar-refractivity contribution is 1.98. The number of hydrogen-bond donors (Lipinski definition) is 0. The van der Waals surface area contributed by atoms with Gasteiger partial charge in [-0.2, -0.15) is 11.3 Å². The van der Waals surface area contributed by atoms with Gasteiger partial charge in [-0.1, -0.05) is 42.6 Å². The van der Waals surface area contributed by atoms with Gasteiger partial charge in [0.15, 0.2) is 0 Å². The molecule has 0 saturated heterocycles. The van der Waals surface area contributed by atoms with Crippen molar-refractivity contribution in [3.8, 4) is 0 Å². The molecule has 0 nitrogen and oxygen atoms in total. The number of thiophene rings is 1. The van der Waals surface area contributed by atoms with Gasteiger partial charge in [0.05, 0.1) is 0 Å². The van der Waals surface area contributed by atoms with Crippen LogP contribution in [0.4, 0.5) is 0 Å². The van der Waals surface area contributed by atoms with Crippen molar-refractivity contribution in [3.63, 3.8) is 0 Å². The van der Waals surface area contributed by atoms with Gasteiger partial charge in [-0.05, 0) is 5.39 Å². The van der Waals surface area contributed by atoms with Crippen LogP contribution >= 0.6 is 27.3 Å². The standard InChI is InChI=1S/C8B5BrS/c9-2-1-3(10)8(13)15-7(1)5(12)4(11)6(2)14. The molecule has 0 aliphatic rings. The van der Waals surface area contributed by atoms with Crippen molar-refractivity contribution in [2.24, 2.45) is 0 Å². The van der Waals surface area contributed by atoms with Crippen LogP contribution in [0, 0.1) is 0 Å². The summed E-state index contributed by atoms with van der Waals surface area (Å²) in [4.78, 5) is 0. The normalized spacial score (nSPS) is 11.0. The third-order valence-electron chi connectivity index (χ3n) is 2.25. The summed E-state index contributed by atoms with van der Waals surface area (Å²) >= 11 is 4.56. The Morgan fingerprint density at radius 3 is 2.00 bits per heavy atom. The van der Waals surface area contributed by atoms with E-state index in [0.29, 0.717) is 36.5 Å². The van der Waals surface area contributed by atoms with Gasteiger partial charge >= 0.3 is 0 Å². The topological polar surface area (TPSA) is 0 Å². The maximum absolute atomic E-state index is 5.89. The summed E-state index contributed by atoms with van der Waals surface area (Å²) in [5.74, 6) is 0. The summed E-state index contributed by atoms with van der Waals surface area (Å²) in [6, 6.07) is 0. The number of halogens is 1. The lowest BCUT2D eigenvalue weighted by Crippen LogP contribution is -2.34. The van der Waals surface area contributed by atoms with Crippen molar-refractivity contribution in [2.75, 3.05) is 0 Å². The summed E-state index contributed by atoms with van der Waals surface area (Å²) in [5, 5.41) is 0.677. The van der Waals surface area contributed by atoms with Crippen LogP contribution in [0.25, 0.3) is 10.1 Å². The van der Waals surface area contributed by atoms with Gasteiger partial charge < -0.3 is 0 Å². The van der Waals surface area contributed by atoms with Gasteiger partial charge in [0.25, 0.3) is 0 Å². The highest BCUT2D eigenvalue weighted by Crippen LogP contribution is 2.14. The first-order chi connectivity index (χ1) is 6.95. The third kappa shape index (κ3) is 1.55. The quantitative estimate of drug-likeness (QED) is 0.466. The van der Waals surface area contributed by atoms with Crippen LogP contribution in [0.15, 0.2) is 4.47 Å². The van der Waals surface area contributed by atoms with Crippen LogP contribution in [0.5, 0.6) is 0 Å². The lowest BCUT2D eigenvalue weighted by atomic mass is 9.73. The molecule has 0 spiro atoms. The maximum atomic E-state index is 5.89. The Balaban J connectivity index is 3.07. The molecule has 0 amide bonds. The van der Waals surface area contributed by atoms with E-state index in [0.717, 1.165) is 4.70 Å². The van der Waals surface area contributed by atoms with Crippen molar-refractivity contribution in [2.45, 2.75) is 0 Å². The van der Waals surface area contributed by atoms with E-state index in [-0.39, 0.29) is 0 Å². The molecule has 7 heteroatoms. The third-order valence-corrected chi connectivity index (χ3v) is 4.17. The molecular weight excluding hydrogens is 262 g/mol. The second-order valence-electron chi connectivity index (χ2n) is 3.14. The predicted octanol–water partition coefficient (Wildman–Crippen LogP) is -2.37. The number of hydrogen-bond acceptors (Lipinski definition) is 1. The Labute approximate surface area is 107 Å². The number of fused-ring (bicyclic) bond motifs is 1. The van der Waals surface area contributed by atoms with E-state index in [2.05, 4.69) is 15.9 Å². The van der Waals surface area contributed by atoms with E-state index < -0.39 is 0 Å². The van der Waals surface area contributed by atoms with Crippen LogP contribution in [0.2, 0.25) is 0 Å². The smallest absolute Gasteiger partial charge is 0.128 e. The Morgan fingerprint density at radius 2 is 1.40 bits per heavy atom. The molecular formula is C8B5BrS. The van der Waals surface area contributed by atoms with E-state index in [1.54, 1.807) is 0 Å². The molecule has 0 unspecified atom stereocenters. The largest absolute Gasteiger partial charge is 0.153 e. The molecule has 0 atom stereocenters. The van der Waals surface area contributed by atoms with E-state index in [4.69, 9.17) is 39.2 Å². The molecule has 2 rings (SSSR count). The van der Waals surface area contributed by atoms with Crippen molar-refractivity contribution >= 4 is 103 Å². The van der Waals surface area contributed by atoms with Crippen molar-refractivity contribution in [1.29, 1.82) is 0 Å². The second kappa shape index (κ2) is 3.78. The van der Waals surface area contributed by atoms with Crippen molar-refractivity contribution in [1.82, 2.24) is 0 Å². The highest BCUT2D eigenvalue weighted by molar-refractivity contribution is 9.10. The van der Waals surface area contributed by atoms with Gasteiger partial charge in [0, 0.05) is 9.17 Å². The van der Waals surface area contributed by atoms with Gasteiger partial charge in [0.1, 0.15) is 39.2 Å². The molecule has 1 heterocycles. The Bertz CT molecular complexity index is 562. The summed E-state index contributed by atoms with van der Waals surface area (Å²) in [5.41, 5.74) is 1.81. The summed E-state index contributed by atoms with van der Waals surface area (Å²) in [6.07, 6.45) is 0. The first-order valence-corrected chi connectivity index (χ1v) is 5.65. The monoisotopic (exact) mass is 262 g/mol. The molecule has 60 valence electrons. The zero-order valence-electron chi connectivity index (χ0n) is 7.67. The molecule has 0 bridgehead atoms. The molecule has 0 N–H and O–H groups in total. The minimum Gasteiger partial charge on any atom is -0.153 e. The SMILES string of the molecule is [B]c1sc2c([B])c([B])c(Br)c([B])c2c1[B]. The molecule has 10 radical (unpaired) electrons. The maximum Gasteiger partial charge on any atom is 0.128 e. The first-order valence-electron chi connectivity index (χ1n) is 4.04. The Morgan fingerprint density at radius 1 is 0.800 bits per heavy atom.